The summed E-state index contributed by atoms with van der Waals surface area (Å²) in [4.78, 5) is 18.7. The van der Waals surface area contributed by atoms with E-state index in [0.29, 0.717) is 31.0 Å². The molecule has 2 saturated heterocycles. The summed E-state index contributed by atoms with van der Waals surface area (Å²) >= 11 is 0. The molecule has 2 aromatic rings. The van der Waals surface area contributed by atoms with Crippen LogP contribution in [-0.4, -0.2) is 39.5 Å². The number of piperidine rings is 1. The van der Waals surface area contributed by atoms with Gasteiger partial charge in [-0.2, -0.15) is 0 Å². The number of pyridine rings is 1. The van der Waals surface area contributed by atoms with Gasteiger partial charge in [0.15, 0.2) is 0 Å². The average molecular weight is 327 g/mol. The fourth-order valence-electron chi connectivity index (χ4n) is 4.10. The van der Waals surface area contributed by atoms with Gasteiger partial charge >= 0.3 is 0 Å². The summed E-state index contributed by atoms with van der Waals surface area (Å²) in [5.74, 6) is 1.14. The summed E-state index contributed by atoms with van der Waals surface area (Å²) in [6.45, 7) is 0.333. The first-order valence-corrected chi connectivity index (χ1v) is 8.37. The predicted molar refractivity (Wildman–Crippen MR) is 88.2 cm³/mol. The zero-order valence-electron chi connectivity index (χ0n) is 13.4. The predicted octanol–water partition coefficient (Wildman–Crippen LogP) is 2.13. The van der Waals surface area contributed by atoms with Crippen LogP contribution in [-0.2, 0) is 10.4 Å². The lowest BCUT2D eigenvalue weighted by molar-refractivity contribution is -0.121. The fraction of sp³-hybridized carbons (Fsp3) is 0.444. The van der Waals surface area contributed by atoms with Gasteiger partial charge in [0.25, 0.3) is 0 Å². The zero-order valence-corrected chi connectivity index (χ0v) is 13.4. The Morgan fingerprint density at radius 1 is 1.29 bits per heavy atom. The number of nitrogens with one attached hydrogen (secondary N) is 1. The van der Waals surface area contributed by atoms with Crippen LogP contribution in [0.25, 0.3) is 0 Å². The molecule has 2 atom stereocenters. The Balaban J connectivity index is 1.42. The molecular formula is C18H21N3O3. The molecule has 4 heterocycles. The van der Waals surface area contributed by atoms with Crippen LogP contribution in [0.1, 0.15) is 31.4 Å². The molecule has 6 nitrogen and oxygen atoms in total. The van der Waals surface area contributed by atoms with Crippen LogP contribution in [0.2, 0.25) is 0 Å². The Labute approximate surface area is 140 Å². The van der Waals surface area contributed by atoms with Gasteiger partial charge in [-0.15, -0.1) is 0 Å². The van der Waals surface area contributed by atoms with Gasteiger partial charge in [-0.25, -0.2) is 4.98 Å². The smallest absolute Gasteiger partial charge is 0.239 e. The summed E-state index contributed by atoms with van der Waals surface area (Å²) in [6, 6.07) is 9.48. The van der Waals surface area contributed by atoms with Crippen molar-refractivity contribution >= 4 is 11.7 Å². The maximum Gasteiger partial charge on any atom is 0.239 e. The number of furan rings is 1. The molecule has 24 heavy (non-hydrogen) atoms. The first kappa shape index (κ1) is 15.4. The van der Waals surface area contributed by atoms with E-state index in [1.807, 2.05) is 24.3 Å². The van der Waals surface area contributed by atoms with Gasteiger partial charge in [-0.05, 0) is 49.9 Å². The normalized spacial score (nSPS) is 29.5. The summed E-state index contributed by atoms with van der Waals surface area (Å²) in [5.41, 5.74) is -0.913. The highest BCUT2D eigenvalue weighted by Gasteiger charge is 2.49. The van der Waals surface area contributed by atoms with Crippen molar-refractivity contribution in [1.82, 2.24) is 9.88 Å². The van der Waals surface area contributed by atoms with E-state index in [2.05, 4.69) is 15.2 Å². The van der Waals surface area contributed by atoms with Crippen molar-refractivity contribution in [2.24, 2.45) is 0 Å². The van der Waals surface area contributed by atoms with Gasteiger partial charge in [0.05, 0.1) is 12.8 Å². The SMILES string of the molecule is O=C(CN1C2CCC1CC(O)(c1ccco1)C2)Nc1ccccn1. The van der Waals surface area contributed by atoms with Crippen molar-refractivity contribution in [2.75, 3.05) is 11.9 Å². The van der Waals surface area contributed by atoms with Crippen LogP contribution >= 0.6 is 0 Å². The number of hydrogen-bond donors (Lipinski definition) is 2. The highest BCUT2D eigenvalue weighted by Crippen LogP contribution is 2.45. The van der Waals surface area contributed by atoms with Crippen LogP contribution in [0.5, 0.6) is 0 Å². The standard InChI is InChI=1S/C18H21N3O3/c22-17(20-16-5-1-2-8-19-16)12-21-13-6-7-14(21)11-18(23,10-13)15-4-3-9-24-15/h1-5,8-9,13-14,23H,6-7,10-12H2,(H,19,20,22). The molecule has 0 saturated carbocycles. The monoisotopic (exact) mass is 327 g/mol. The average Bonchev–Trinajstić information content (AvgIpc) is 3.18. The number of carbonyl (C=O) groups excluding carboxylic acids is 1. The highest BCUT2D eigenvalue weighted by atomic mass is 16.4. The number of rotatable bonds is 4. The first-order chi connectivity index (χ1) is 11.6. The Bertz CT molecular complexity index is 688. The van der Waals surface area contributed by atoms with Crippen LogP contribution in [0.3, 0.4) is 0 Å². The molecule has 0 aromatic carbocycles. The van der Waals surface area contributed by atoms with Crippen molar-refractivity contribution in [3.05, 3.63) is 48.6 Å². The number of anilines is 1. The number of nitrogens with zero attached hydrogens (tertiary/aromatic N) is 2. The number of amides is 1. The number of hydrogen-bond acceptors (Lipinski definition) is 5. The van der Waals surface area contributed by atoms with E-state index in [1.54, 1.807) is 18.5 Å². The first-order valence-electron chi connectivity index (χ1n) is 8.37. The van der Waals surface area contributed by atoms with E-state index in [-0.39, 0.29) is 18.0 Å². The highest BCUT2D eigenvalue weighted by molar-refractivity contribution is 5.91. The van der Waals surface area contributed by atoms with Crippen LogP contribution in [0.15, 0.2) is 47.2 Å². The molecule has 0 spiro atoms. The molecule has 0 radical (unpaired) electrons. The second-order valence-corrected chi connectivity index (χ2v) is 6.74. The number of fused-ring (bicyclic) bond motifs is 2. The van der Waals surface area contributed by atoms with E-state index >= 15 is 0 Å². The van der Waals surface area contributed by atoms with Gasteiger partial charge in [-0.1, -0.05) is 6.07 Å². The van der Waals surface area contributed by atoms with Crippen LogP contribution < -0.4 is 5.32 Å². The Kier molecular flexibility index (Phi) is 3.86. The lowest BCUT2D eigenvalue weighted by Crippen LogP contribution is -2.51. The lowest BCUT2D eigenvalue weighted by Gasteiger charge is -2.42. The molecule has 6 heteroatoms. The summed E-state index contributed by atoms with van der Waals surface area (Å²) in [7, 11) is 0. The zero-order chi connectivity index (χ0) is 16.6. The molecule has 2 N–H and O–H groups in total. The fourth-order valence-corrected chi connectivity index (χ4v) is 4.10. The number of aromatic nitrogens is 1. The molecule has 0 aliphatic carbocycles. The third kappa shape index (κ3) is 2.83. The molecule has 1 amide bonds. The number of aliphatic hydroxyl groups is 1. The maximum absolute atomic E-state index is 12.3. The van der Waals surface area contributed by atoms with Crippen molar-refractivity contribution in [3.8, 4) is 0 Å². The minimum atomic E-state index is -0.913. The number of carbonyl (C=O) groups is 1. The van der Waals surface area contributed by atoms with Gasteiger partial charge in [0.1, 0.15) is 17.2 Å². The van der Waals surface area contributed by atoms with E-state index in [0.717, 1.165) is 12.8 Å². The lowest BCUT2D eigenvalue weighted by atomic mass is 9.84. The Morgan fingerprint density at radius 2 is 2.08 bits per heavy atom. The Hall–Kier alpha value is -2.18. The molecule has 2 aliphatic heterocycles. The van der Waals surface area contributed by atoms with E-state index in [4.69, 9.17) is 4.42 Å². The second-order valence-electron chi connectivity index (χ2n) is 6.74. The third-order valence-electron chi connectivity index (χ3n) is 5.16. The van der Waals surface area contributed by atoms with Gasteiger partial charge in [0, 0.05) is 18.3 Å². The largest absolute Gasteiger partial charge is 0.466 e. The maximum atomic E-state index is 12.3. The van der Waals surface area contributed by atoms with Crippen molar-refractivity contribution in [3.63, 3.8) is 0 Å². The molecule has 4 rings (SSSR count). The molecule has 2 fully saturated rings. The second kappa shape index (κ2) is 6.03. The van der Waals surface area contributed by atoms with E-state index in [1.165, 1.54) is 0 Å². The minimum absolute atomic E-state index is 0.0611. The molecule has 2 aromatic heterocycles. The van der Waals surface area contributed by atoms with E-state index in [9.17, 15) is 9.90 Å². The van der Waals surface area contributed by atoms with Gasteiger partial charge in [0.2, 0.25) is 5.91 Å². The van der Waals surface area contributed by atoms with E-state index < -0.39 is 5.60 Å². The Morgan fingerprint density at radius 3 is 2.71 bits per heavy atom. The van der Waals surface area contributed by atoms with Crippen molar-refractivity contribution in [2.45, 2.75) is 43.4 Å². The molecule has 2 aliphatic rings. The summed E-state index contributed by atoms with van der Waals surface area (Å²) < 4.78 is 5.44. The molecule has 126 valence electrons. The quantitative estimate of drug-likeness (QED) is 0.899. The topological polar surface area (TPSA) is 78.6 Å². The van der Waals surface area contributed by atoms with Gasteiger partial charge in [-0.3, -0.25) is 9.69 Å². The van der Waals surface area contributed by atoms with Crippen molar-refractivity contribution in [1.29, 1.82) is 0 Å². The molecule has 2 unspecified atom stereocenters. The van der Waals surface area contributed by atoms with Crippen molar-refractivity contribution < 1.29 is 14.3 Å². The van der Waals surface area contributed by atoms with Crippen LogP contribution in [0.4, 0.5) is 5.82 Å². The molecule has 2 bridgehead atoms. The third-order valence-corrected chi connectivity index (χ3v) is 5.16. The van der Waals surface area contributed by atoms with Gasteiger partial charge < -0.3 is 14.8 Å². The van der Waals surface area contributed by atoms with Crippen LogP contribution in [0, 0.1) is 0 Å². The summed E-state index contributed by atoms with van der Waals surface area (Å²) in [5, 5.41) is 13.8. The summed E-state index contributed by atoms with van der Waals surface area (Å²) in [6.07, 6.45) is 6.47. The molecular weight excluding hydrogens is 306 g/mol. The minimum Gasteiger partial charge on any atom is -0.466 e.